The Hall–Kier alpha value is -2.09. The molecule has 2 nitrogen and oxygen atoms in total. The van der Waals surface area contributed by atoms with Crippen LogP contribution in [0.4, 0.5) is 0 Å². The molecule has 0 aromatic heterocycles. The molecule has 1 aliphatic rings. The summed E-state index contributed by atoms with van der Waals surface area (Å²) in [7, 11) is 0. The highest BCUT2D eigenvalue weighted by molar-refractivity contribution is 5.89. The van der Waals surface area contributed by atoms with Crippen LogP contribution in [-0.4, -0.2) is 11.1 Å². The summed E-state index contributed by atoms with van der Waals surface area (Å²) in [6.07, 6.45) is 3.85. The number of hydrogen-bond acceptors (Lipinski definition) is 1. The Morgan fingerprint density at radius 1 is 1.10 bits per heavy atom. The van der Waals surface area contributed by atoms with Gasteiger partial charge in [0, 0.05) is 0 Å². The van der Waals surface area contributed by atoms with Crippen LogP contribution in [0.25, 0.3) is 11.1 Å². The third-order valence-electron chi connectivity index (χ3n) is 4.27. The van der Waals surface area contributed by atoms with Crippen LogP contribution in [0.15, 0.2) is 42.5 Å². The molecule has 102 valence electrons. The molecule has 0 saturated heterocycles. The molecule has 0 heterocycles. The van der Waals surface area contributed by atoms with Crippen LogP contribution in [0.1, 0.15) is 46.7 Å². The molecular weight excluding hydrogens is 248 g/mol. The van der Waals surface area contributed by atoms with E-state index in [9.17, 15) is 4.79 Å². The van der Waals surface area contributed by atoms with E-state index < -0.39 is 5.97 Å². The number of aryl methyl sites for hydroxylation is 1. The maximum atomic E-state index is 11.0. The molecule has 0 amide bonds. The minimum atomic E-state index is -0.869. The van der Waals surface area contributed by atoms with Crippen molar-refractivity contribution in [1.82, 2.24) is 0 Å². The van der Waals surface area contributed by atoms with Crippen molar-refractivity contribution in [3.05, 3.63) is 59.2 Å². The minimum absolute atomic E-state index is 0.354. The van der Waals surface area contributed by atoms with Gasteiger partial charge in [-0.05, 0) is 60.1 Å². The quantitative estimate of drug-likeness (QED) is 0.879. The van der Waals surface area contributed by atoms with Crippen LogP contribution in [0.3, 0.4) is 0 Å². The number of carbonyl (C=O) groups is 1. The van der Waals surface area contributed by atoms with E-state index in [1.54, 1.807) is 12.1 Å². The highest BCUT2D eigenvalue weighted by Gasteiger charge is 2.22. The second-order valence-corrected chi connectivity index (χ2v) is 5.55. The van der Waals surface area contributed by atoms with E-state index in [-0.39, 0.29) is 0 Å². The van der Waals surface area contributed by atoms with Gasteiger partial charge in [0.15, 0.2) is 0 Å². The second kappa shape index (κ2) is 5.12. The average Bonchev–Trinajstić information content (AvgIpc) is 2.37. The summed E-state index contributed by atoms with van der Waals surface area (Å²) in [6, 6.07) is 13.9. The molecule has 3 rings (SSSR count). The molecule has 0 aliphatic heterocycles. The van der Waals surface area contributed by atoms with Gasteiger partial charge >= 0.3 is 5.97 Å². The van der Waals surface area contributed by atoms with Gasteiger partial charge < -0.3 is 5.11 Å². The number of rotatable bonds is 3. The zero-order valence-corrected chi connectivity index (χ0v) is 11.6. The fourth-order valence-electron chi connectivity index (χ4n) is 2.92. The van der Waals surface area contributed by atoms with Gasteiger partial charge in [-0.15, -0.1) is 0 Å². The first-order valence-corrected chi connectivity index (χ1v) is 7.10. The van der Waals surface area contributed by atoms with E-state index in [1.807, 2.05) is 13.0 Å². The summed E-state index contributed by atoms with van der Waals surface area (Å²) < 4.78 is 0. The van der Waals surface area contributed by atoms with Crippen molar-refractivity contribution in [2.45, 2.75) is 32.1 Å². The first-order valence-electron chi connectivity index (χ1n) is 7.10. The Bertz CT molecular complexity index is 654. The van der Waals surface area contributed by atoms with Crippen LogP contribution in [0.5, 0.6) is 0 Å². The van der Waals surface area contributed by atoms with E-state index >= 15 is 0 Å². The van der Waals surface area contributed by atoms with Gasteiger partial charge in [-0.3, -0.25) is 0 Å². The Balaban J connectivity index is 2.07. The fourth-order valence-corrected chi connectivity index (χ4v) is 2.92. The SMILES string of the molecule is Cc1cc(C(=O)O)ccc1-c1ccccc1C1CCC1. The van der Waals surface area contributed by atoms with Crippen molar-refractivity contribution < 1.29 is 9.90 Å². The summed E-state index contributed by atoms with van der Waals surface area (Å²) in [5.41, 5.74) is 5.19. The number of hydrogen-bond donors (Lipinski definition) is 1. The van der Waals surface area contributed by atoms with Gasteiger partial charge in [0.05, 0.1) is 5.56 Å². The zero-order valence-electron chi connectivity index (χ0n) is 11.6. The van der Waals surface area contributed by atoms with E-state index in [1.165, 1.54) is 30.4 Å². The monoisotopic (exact) mass is 266 g/mol. The van der Waals surface area contributed by atoms with Crippen molar-refractivity contribution in [1.29, 1.82) is 0 Å². The van der Waals surface area contributed by atoms with Gasteiger partial charge in [-0.2, -0.15) is 0 Å². The van der Waals surface area contributed by atoms with Crippen LogP contribution >= 0.6 is 0 Å². The lowest BCUT2D eigenvalue weighted by Crippen LogP contribution is -2.10. The van der Waals surface area contributed by atoms with Gasteiger partial charge in [-0.25, -0.2) is 4.79 Å². The van der Waals surface area contributed by atoms with Crippen LogP contribution in [0, 0.1) is 6.92 Å². The Kier molecular flexibility index (Phi) is 3.31. The maximum absolute atomic E-state index is 11.0. The molecule has 1 N–H and O–H groups in total. The highest BCUT2D eigenvalue weighted by Crippen LogP contribution is 2.41. The summed E-state index contributed by atoms with van der Waals surface area (Å²) in [6.45, 7) is 1.99. The van der Waals surface area contributed by atoms with Crippen molar-refractivity contribution >= 4 is 5.97 Å². The van der Waals surface area contributed by atoms with E-state index in [4.69, 9.17) is 5.11 Å². The standard InChI is InChI=1S/C18H18O2/c1-12-11-14(18(19)20)9-10-15(12)17-8-3-2-7-16(17)13-5-4-6-13/h2-3,7-11,13H,4-6H2,1H3,(H,19,20). The van der Waals surface area contributed by atoms with Crippen molar-refractivity contribution in [2.24, 2.45) is 0 Å². The maximum Gasteiger partial charge on any atom is 0.335 e. The Labute approximate surface area is 119 Å². The largest absolute Gasteiger partial charge is 0.478 e. The summed E-state index contributed by atoms with van der Waals surface area (Å²) in [4.78, 5) is 11.0. The molecule has 2 aromatic carbocycles. The van der Waals surface area contributed by atoms with Crippen molar-refractivity contribution in [2.75, 3.05) is 0 Å². The molecule has 1 aliphatic carbocycles. The minimum Gasteiger partial charge on any atom is -0.478 e. The van der Waals surface area contributed by atoms with Crippen molar-refractivity contribution in [3.8, 4) is 11.1 Å². The summed E-state index contributed by atoms with van der Waals surface area (Å²) in [5, 5.41) is 9.06. The molecule has 0 atom stereocenters. The molecule has 20 heavy (non-hydrogen) atoms. The van der Waals surface area contributed by atoms with Gasteiger partial charge in [-0.1, -0.05) is 36.8 Å². The summed E-state index contributed by atoms with van der Waals surface area (Å²) >= 11 is 0. The molecular formula is C18H18O2. The first-order chi connectivity index (χ1) is 9.66. The van der Waals surface area contributed by atoms with Crippen LogP contribution in [-0.2, 0) is 0 Å². The van der Waals surface area contributed by atoms with Gasteiger partial charge in [0.1, 0.15) is 0 Å². The molecule has 2 heteroatoms. The van der Waals surface area contributed by atoms with Crippen LogP contribution in [0.2, 0.25) is 0 Å². The molecule has 2 aromatic rings. The lowest BCUT2D eigenvalue weighted by atomic mass is 9.77. The number of carboxylic acids is 1. The number of aromatic carboxylic acids is 1. The lowest BCUT2D eigenvalue weighted by Gasteiger charge is -2.28. The molecule has 1 fully saturated rings. The Morgan fingerprint density at radius 3 is 2.45 bits per heavy atom. The normalized spacial score (nSPS) is 14.8. The van der Waals surface area contributed by atoms with E-state index in [0.717, 1.165) is 11.1 Å². The lowest BCUT2D eigenvalue weighted by molar-refractivity contribution is 0.0697. The predicted octanol–water partition coefficient (Wildman–Crippen LogP) is 4.63. The molecule has 1 saturated carbocycles. The molecule has 0 radical (unpaired) electrons. The third-order valence-corrected chi connectivity index (χ3v) is 4.27. The molecule has 0 unspecified atom stereocenters. The van der Waals surface area contributed by atoms with E-state index in [2.05, 4.69) is 24.3 Å². The van der Waals surface area contributed by atoms with E-state index in [0.29, 0.717) is 11.5 Å². The average molecular weight is 266 g/mol. The topological polar surface area (TPSA) is 37.3 Å². The molecule has 0 bridgehead atoms. The Morgan fingerprint density at radius 2 is 1.85 bits per heavy atom. The second-order valence-electron chi connectivity index (χ2n) is 5.55. The predicted molar refractivity (Wildman–Crippen MR) is 80.2 cm³/mol. The smallest absolute Gasteiger partial charge is 0.335 e. The van der Waals surface area contributed by atoms with Crippen LogP contribution < -0.4 is 0 Å². The number of benzene rings is 2. The third kappa shape index (κ3) is 2.22. The number of carboxylic acid groups (broad SMARTS) is 1. The zero-order chi connectivity index (χ0) is 14.1. The summed E-state index contributed by atoms with van der Waals surface area (Å²) in [5.74, 6) is -0.198. The fraction of sp³-hybridized carbons (Fsp3) is 0.278. The molecule has 0 spiro atoms. The van der Waals surface area contributed by atoms with Gasteiger partial charge in [0.2, 0.25) is 0 Å². The van der Waals surface area contributed by atoms with Crippen molar-refractivity contribution in [3.63, 3.8) is 0 Å². The highest BCUT2D eigenvalue weighted by atomic mass is 16.4. The van der Waals surface area contributed by atoms with Gasteiger partial charge in [0.25, 0.3) is 0 Å². The first kappa shape index (κ1) is 12.9.